The Morgan fingerprint density at radius 2 is 1.87 bits per heavy atom. The first-order chi connectivity index (χ1) is 14.3. The van der Waals surface area contributed by atoms with Crippen LogP contribution in [0.25, 0.3) is 10.9 Å². The van der Waals surface area contributed by atoms with Crippen LogP contribution in [-0.2, 0) is 21.3 Å². The summed E-state index contributed by atoms with van der Waals surface area (Å²) in [5, 5.41) is 1.28. The van der Waals surface area contributed by atoms with Gasteiger partial charge in [0.25, 0.3) is 0 Å². The van der Waals surface area contributed by atoms with E-state index in [-0.39, 0.29) is 17.5 Å². The first-order valence-corrected chi connectivity index (χ1v) is 11.9. The van der Waals surface area contributed by atoms with Crippen molar-refractivity contribution >= 4 is 32.5 Å². The maximum absolute atomic E-state index is 13.4. The van der Waals surface area contributed by atoms with Crippen LogP contribution in [0.4, 0.5) is 0 Å². The molecule has 0 bridgehead atoms. The molecule has 4 rings (SSSR count). The number of ether oxygens (including phenoxy) is 1. The molecule has 158 valence electrons. The summed E-state index contributed by atoms with van der Waals surface area (Å²) in [5.41, 5.74) is 3.80. The topological polar surface area (TPSA) is 59.5 Å². The molecule has 1 aliphatic heterocycles. The number of rotatable bonds is 6. The van der Waals surface area contributed by atoms with Crippen molar-refractivity contribution in [3.05, 3.63) is 70.4 Å². The summed E-state index contributed by atoms with van der Waals surface area (Å²) < 4.78 is 34.0. The van der Waals surface area contributed by atoms with Gasteiger partial charge in [0.2, 0.25) is 10.0 Å². The van der Waals surface area contributed by atoms with E-state index in [9.17, 15) is 8.42 Å². The van der Waals surface area contributed by atoms with Crippen LogP contribution in [0.3, 0.4) is 0 Å². The lowest BCUT2D eigenvalue weighted by Crippen LogP contribution is -2.37. The highest BCUT2D eigenvalue weighted by Gasteiger charge is 2.30. The molecule has 1 atom stereocenters. The van der Waals surface area contributed by atoms with Crippen molar-refractivity contribution < 1.29 is 13.2 Å². The quantitative estimate of drug-likeness (QED) is 0.508. The molecule has 1 fully saturated rings. The molecule has 1 aromatic heterocycles. The third-order valence-electron chi connectivity index (χ3n) is 5.62. The summed E-state index contributed by atoms with van der Waals surface area (Å²) >= 11 is 6.49. The lowest BCUT2D eigenvalue weighted by Gasteiger charge is -2.25. The highest BCUT2D eigenvalue weighted by atomic mass is 35.5. The average molecular weight is 445 g/mol. The zero-order valence-electron chi connectivity index (χ0n) is 17.1. The van der Waals surface area contributed by atoms with Crippen LogP contribution in [0.15, 0.2) is 53.4 Å². The van der Waals surface area contributed by atoms with E-state index >= 15 is 0 Å². The van der Waals surface area contributed by atoms with Crippen LogP contribution < -0.4 is 0 Å². The van der Waals surface area contributed by atoms with E-state index in [2.05, 4.69) is 11.1 Å². The van der Waals surface area contributed by atoms with Crippen molar-refractivity contribution in [2.24, 2.45) is 0 Å². The average Bonchev–Trinajstić information content (AvgIpc) is 3.23. The fraction of sp³-hybridized carbons (Fsp3) is 0.348. The van der Waals surface area contributed by atoms with E-state index in [1.807, 2.05) is 26.0 Å². The molecule has 5 nitrogen and oxygen atoms in total. The van der Waals surface area contributed by atoms with Gasteiger partial charge in [0, 0.05) is 30.6 Å². The smallest absolute Gasteiger partial charge is 0.243 e. The van der Waals surface area contributed by atoms with E-state index < -0.39 is 10.0 Å². The summed E-state index contributed by atoms with van der Waals surface area (Å²) in [7, 11) is -3.70. The summed E-state index contributed by atoms with van der Waals surface area (Å²) in [5.74, 6) is 0. The predicted octanol–water partition coefficient (Wildman–Crippen LogP) is 4.87. The summed E-state index contributed by atoms with van der Waals surface area (Å²) in [6.45, 7) is 5.19. The molecular weight excluding hydrogens is 420 g/mol. The van der Waals surface area contributed by atoms with Crippen molar-refractivity contribution in [1.29, 1.82) is 0 Å². The van der Waals surface area contributed by atoms with Gasteiger partial charge in [0.1, 0.15) is 5.15 Å². The second-order valence-electron chi connectivity index (χ2n) is 7.81. The fourth-order valence-corrected chi connectivity index (χ4v) is 5.44. The number of halogens is 1. The number of nitrogens with zero attached hydrogens (tertiary/aromatic N) is 2. The van der Waals surface area contributed by atoms with E-state index in [0.717, 1.165) is 34.9 Å². The molecule has 2 aromatic carbocycles. The summed E-state index contributed by atoms with van der Waals surface area (Å²) in [6, 6.07) is 14.5. The highest BCUT2D eigenvalue weighted by molar-refractivity contribution is 7.89. The Morgan fingerprint density at radius 3 is 2.57 bits per heavy atom. The molecule has 0 radical (unpaired) electrons. The number of sulfonamides is 1. The Balaban J connectivity index is 1.72. The molecule has 1 saturated heterocycles. The largest absolute Gasteiger partial charge is 0.377 e. The molecule has 30 heavy (non-hydrogen) atoms. The van der Waals surface area contributed by atoms with Crippen LogP contribution in [0, 0.1) is 13.8 Å². The lowest BCUT2D eigenvalue weighted by molar-refractivity contribution is 0.0926. The Kier molecular flexibility index (Phi) is 6.11. The van der Waals surface area contributed by atoms with Gasteiger partial charge in [-0.25, -0.2) is 13.4 Å². The first kappa shape index (κ1) is 21.2. The number of hydrogen-bond acceptors (Lipinski definition) is 4. The zero-order valence-corrected chi connectivity index (χ0v) is 18.7. The molecule has 0 spiro atoms. The minimum atomic E-state index is -3.70. The number of pyridine rings is 1. The highest BCUT2D eigenvalue weighted by Crippen LogP contribution is 2.27. The van der Waals surface area contributed by atoms with E-state index in [1.165, 1.54) is 4.31 Å². The van der Waals surface area contributed by atoms with Crippen molar-refractivity contribution in [1.82, 2.24) is 9.29 Å². The second-order valence-corrected chi connectivity index (χ2v) is 10.1. The van der Waals surface area contributed by atoms with Crippen LogP contribution in [0.5, 0.6) is 0 Å². The van der Waals surface area contributed by atoms with Crippen molar-refractivity contribution in [2.75, 3.05) is 13.2 Å². The monoisotopic (exact) mass is 444 g/mol. The van der Waals surface area contributed by atoms with Gasteiger partial charge in [0.15, 0.2) is 0 Å². The predicted molar refractivity (Wildman–Crippen MR) is 119 cm³/mol. The molecular formula is C23H25ClN2O3S. The van der Waals surface area contributed by atoms with Gasteiger partial charge in [-0.3, -0.25) is 0 Å². The number of aryl methyl sites for hydroxylation is 2. The van der Waals surface area contributed by atoms with E-state index in [4.69, 9.17) is 16.3 Å². The maximum Gasteiger partial charge on any atom is 0.243 e. The number of benzene rings is 2. The molecule has 1 aliphatic rings. The molecule has 0 saturated carbocycles. The van der Waals surface area contributed by atoms with E-state index in [1.54, 1.807) is 30.3 Å². The molecule has 0 amide bonds. The van der Waals surface area contributed by atoms with Crippen molar-refractivity contribution in [2.45, 2.75) is 44.2 Å². The number of aromatic nitrogens is 1. The Labute approximate surface area is 182 Å². The van der Waals surface area contributed by atoms with Crippen LogP contribution in [0.2, 0.25) is 5.15 Å². The SMILES string of the molecule is Cc1cc2cc(CN(C[C@@H]3CCCO3)S(=O)(=O)c3ccccc3)c(Cl)nc2cc1C. The van der Waals surface area contributed by atoms with Crippen LogP contribution in [0.1, 0.15) is 29.5 Å². The van der Waals surface area contributed by atoms with Crippen molar-refractivity contribution in [3.8, 4) is 0 Å². The van der Waals surface area contributed by atoms with Gasteiger partial charge in [-0.05, 0) is 68.1 Å². The zero-order chi connectivity index (χ0) is 21.3. The minimum absolute atomic E-state index is 0.111. The first-order valence-electron chi connectivity index (χ1n) is 10.1. The van der Waals surface area contributed by atoms with Crippen LogP contribution >= 0.6 is 11.6 Å². The molecule has 0 aliphatic carbocycles. The van der Waals surface area contributed by atoms with Gasteiger partial charge >= 0.3 is 0 Å². The summed E-state index contributed by atoms with van der Waals surface area (Å²) in [6.07, 6.45) is 1.68. The Hall–Kier alpha value is -1.99. The van der Waals surface area contributed by atoms with Gasteiger partial charge in [-0.2, -0.15) is 4.31 Å². The molecule has 7 heteroatoms. The number of hydrogen-bond donors (Lipinski definition) is 0. The van der Waals surface area contributed by atoms with Gasteiger partial charge in [0.05, 0.1) is 16.5 Å². The third-order valence-corrected chi connectivity index (χ3v) is 7.77. The standard InChI is InChI=1S/C23H25ClN2O3S/c1-16-11-18-13-19(23(24)25-22(18)12-17(16)2)14-26(15-20-7-6-10-29-20)30(27,28)21-8-4-3-5-9-21/h3-5,8-9,11-13,20H,6-7,10,14-15H2,1-2H3/t20-/m0/s1. The number of fused-ring (bicyclic) bond motifs is 1. The minimum Gasteiger partial charge on any atom is -0.377 e. The van der Waals surface area contributed by atoms with Gasteiger partial charge in [-0.15, -0.1) is 0 Å². The fourth-order valence-electron chi connectivity index (χ4n) is 3.77. The van der Waals surface area contributed by atoms with Crippen molar-refractivity contribution in [3.63, 3.8) is 0 Å². The lowest BCUT2D eigenvalue weighted by atomic mass is 10.1. The molecule has 0 N–H and O–H groups in total. The normalized spacial score (nSPS) is 17.1. The third kappa shape index (κ3) is 4.37. The molecule has 2 heterocycles. The van der Waals surface area contributed by atoms with E-state index in [0.29, 0.717) is 23.9 Å². The molecule has 3 aromatic rings. The Bertz CT molecular complexity index is 1160. The maximum atomic E-state index is 13.4. The Morgan fingerprint density at radius 1 is 1.13 bits per heavy atom. The van der Waals surface area contributed by atoms with Gasteiger partial charge < -0.3 is 4.74 Å². The van der Waals surface area contributed by atoms with Gasteiger partial charge in [-0.1, -0.05) is 29.8 Å². The molecule has 0 unspecified atom stereocenters. The second kappa shape index (κ2) is 8.63. The summed E-state index contributed by atoms with van der Waals surface area (Å²) in [4.78, 5) is 4.79. The van der Waals surface area contributed by atoms with Crippen LogP contribution in [-0.4, -0.2) is 37.0 Å².